The van der Waals surface area contributed by atoms with Gasteiger partial charge in [-0.3, -0.25) is 14.4 Å². The lowest BCUT2D eigenvalue weighted by Crippen LogP contribution is -2.30. The number of hydrogen-bond donors (Lipinski definition) is 0. The minimum absolute atomic E-state index is 0.0868. The molecule has 0 heterocycles. The molecule has 0 fully saturated rings. The zero-order chi connectivity index (χ0) is 48.6. The van der Waals surface area contributed by atoms with Gasteiger partial charge < -0.3 is 14.2 Å². The molecule has 0 spiro atoms. The highest BCUT2D eigenvalue weighted by Crippen LogP contribution is 2.16. The van der Waals surface area contributed by atoms with Gasteiger partial charge in [0.15, 0.2) is 6.10 Å². The first-order chi connectivity index (χ1) is 33.0. The van der Waals surface area contributed by atoms with Crippen LogP contribution in [0.5, 0.6) is 0 Å². The fraction of sp³-hybridized carbons (Fsp3) is 0.820. The second-order valence-electron chi connectivity index (χ2n) is 19.6. The molecular formula is C61H110O6. The molecule has 0 unspecified atom stereocenters. The van der Waals surface area contributed by atoms with E-state index in [9.17, 15) is 14.4 Å². The number of allylic oxidation sites excluding steroid dienone is 8. The zero-order valence-electron chi connectivity index (χ0n) is 44.7. The van der Waals surface area contributed by atoms with Gasteiger partial charge in [-0.2, -0.15) is 0 Å². The quantitative estimate of drug-likeness (QED) is 0.0262. The first-order valence-electron chi connectivity index (χ1n) is 29.1. The van der Waals surface area contributed by atoms with E-state index >= 15 is 0 Å². The molecule has 0 aliphatic rings. The van der Waals surface area contributed by atoms with Crippen LogP contribution >= 0.6 is 0 Å². The van der Waals surface area contributed by atoms with Crippen molar-refractivity contribution >= 4 is 17.9 Å². The molecule has 0 saturated carbocycles. The van der Waals surface area contributed by atoms with Crippen molar-refractivity contribution in [3.63, 3.8) is 0 Å². The SMILES string of the molecule is CCCCC/C=C\C/C=C\C/C=C\CCCCC(=O)O[C@@H](COC(=O)CCCCCCCCC/C=C\CCCCCCCCCC)COC(=O)CCCCCCCCCCCCCCCCC. The number of rotatable bonds is 53. The molecule has 0 rings (SSSR count). The Labute approximate surface area is 416 Å². The average molecular weight is 940 g/mol. The summed E-state index contributed by atoms with van der Waals surface area (Å²) in [4.78, 5) is 38.1. The number of esters is 3. The monoisotopic (exact) mass is 939 g/mol. The van der Waals surface area contributed by atoms with Crippen molar-refractivity contribution < 1.29 is 28.6 Å². The van der Waals surface area contributed by atoms with Crippen LogP contribution in [0.1, 0.15) is 303 Å². The van der Waals surface area contributed by atoms with Crippen molar-refractivity contribution in [2.75, 3.05) is 13.2 Å². The summed E-state index contributed by atoms with van der Waals surface area (Å²) in [5.74, 6) is -0.915. The summed E-state index contributed by atoms with van der Waals surface area (Å²) in [6.45, 7) is 6.61. The van der Waals surface area contributed by atoms with Crippen LogP contribution < -0.4 is 0 Å². The predicted molar refractivity (Wildman–Crippen MR) is 289 cm³/mol. The summed E-state index contributed by atoms with van der Waals surface area (Å²) in [5, 5.41) is 0. The van der Waals surface area contributed by atoms with Crippen LogP contribution in [0.2, 0.25) is 0 Å². The summed E-state index contributed by atoms with van der Waals surface area (Å²) in [6, 6.07) is 0. The standard InChI is InChI=1S/C61H110O6/c1-4-7-10-13-16-19-22-25-28-29-30-31-34-36-39-42-45-48-51-54-60(63)66-57-58(67-61(64)55-52-49-46-43-40-37-33-27-24-21-18-15-12-9-6-3)56-65-59(62)53-50-47-44-41-38-35-32-26-23-20-17-14-11-8-5-2/h18,21,27,29-30,33,40,43,58H,4-17,19-20,22-26,28,31-32,34-39,41-42,44-57H2,1-3H3/b21-18-,30-29-,33-27-,43-40-/t58-/m1/s1. The summed E-state index contributed by atoms with van der Waals surface area (Å²) >= 11 is 0. The van der Waals surface area contributed by atoms with Crippen LogP contribution in [0.3, 0.4) is 0 Å². The van der Waals surface area contributed by atoms with Gasteiger partial charge in [0.2, 0.25) is 0 Å². The lowest BCUT2D eigenvalue weighted by Gasteiger charge is -2.18. The van der Waals surface area contributed by atoms with Crippen molar-refractivity contribution in [2.45, 2.75) is 309 Å². The maximum Gasteiger partial charge on any atom is 0.306 e. The number of carbonyl (C=O) groups excluding carboxylic acids is 3. The minimum Gasteiger partial charge on any atom is -0.462 e. The molecule has 1 atom stereocenters. The smallest absolute Gasteiger partial charge is 0.306 e. The van der Waals surface area contributed by atoms with Gasteiger partial charge >= 0.3 is 17.9 Å². The topological polar surface area (TPSA) is 78.9 Å². The fourth-order valence-corrected chi connectivity index (χ4v) is 8.39. The zero-order valence-corrected chi connectivity index (χ0v) is 44.7. The average Bonchev–Trinajstić information content (AvgIpc) is 3.33. The van der Waals surface area contributed by atoms with Crippen molar-refractivity contribution in [3.8, 4) is 0 Å². The first-order valence-corrected chi connectivity index (χ1v) is 29.1. The van der Waals surface area contributed by atoms with Gasteiger partial charge in [0, 0.05) is 19.3 Å². The van der Waals surface area contributed by atoms with Gasteiger partial charge in [-0.05, 0) is 83.5 Å². The van der Waals surface area contributed by atoms with Crippen LogP contribution in [0.4, 0.5) is 0 Å². The lowest BCUT2D eigenvalue weighted by molar-refractivity contribution is -0.167. The summed E-state index contributed by atoms with van der Waals surface area (Å²) in [7, 11) is 0. The molecule has 0 amide bonds. The molecule has 0 aromatic heterocycles. The third kappa shape index (κ3) is 54.2. The summed E-state index contributed by atoms with van der Waals surface area (Å²) in [6.07, 6.45) is 68.2. The molecule has 6 heteroatoms. The molecule has 0 aromatic rings. The largest absolute Gasteiger partial charge is 0.462 e. The second-order valence-corrected chi connectivity index (χ2v) is 19.6. The Balaban J connectivity index is 4.39. The molecule has 67 heavy (non-hydrogen) atoms. The fourth-order valence-electron chi connectivity index (χ4n) is 8.39. The third-order valence-corrected chi connectivity index (χ3v) is 12.8. The Bertz CT molecular complexity index is 1170. The van der Waals surface area contributed by atoms with Crippen molar-refractivity contribution in [1.82, 2.24) is 0 Å². The van der Waals surface area contributed by atoms with E-state index in [1.54, 1.807) is 0 Å². The van der Waals surface area contributed by atoms with Crippen molar-refractivity contribution in [3.05, 3.63) is 48.6 Å². The second kappa shape index (κ2) is 56.0. The first kappa shape index (κ1) is 64.4. The Morgan fingerprint density at radius 1 is 0.299 bits per heavy atom. The van der Waals surface area contributed by atoms with E-state index in [1.807, 2.05) is 0 Å². The van der Waals surface area contributed by atoms with E-state index in [0.717, 1.165) is 64.2 Å². The summed E-state index contributed by atoms with van der Waals surface area (Å²) < 4.78 is 16.8. The molecule has 0 N–H and O–H groups in total. The number of hydrogen-bond acceptors (Lipinski definition) is 6. The maximum absolute atomic E-state index is 12.8. The van der Waals surface area contributed by atoms with Crippen LogP contribution in [0.15, 0.2) is 48.6 Å². The molecule has 0 aromatic carbocycles. The van der Waals surface area contributed by atoms with Crippen LogP contribution in [-0.4, -0.2) is 37.2 Å². The predicted octanol–water partition coefficient (Wildman–Crippen LogP) is 19.4. The molecule has 390 valence electrons. The molecule has 0 aliphatic carbocycles. The highest BCUT2D eigenvalue weighted by molar-refractivity contribution is 5.71. The van der Waals surface area contributed by atoms with Gasteiger partial charge in [-0.1, -0.05) is 249 Å². The van der Waals surface area contributed by atoms with Gasteiger partial charge in [0.1, 0.15) is 13.2 Å². The van der Waals surface area contributed by atoms with E-state index in [2.05, 4.69) is 69.4 Å². The molecular weight excluding hydrogens is 829 g/mol. The summed E-state index contributed by atoms with van der Waals surface area (Å²) in [5.41, 5.74) is 0. The Hall–Kier alpha value is -2.63. The van der Waals surface area contributed by atoms with Gasteiger partial charge in [0.05, 0.1) is 0 Å². The van der Waals surface area contributed by atoms with E-state index in [1.165, 1.54) is 193 Å². The van der Waals surface area contributed by atoms with Crippen LogP contribution in [0.25, 0.3) is 0 Å². The molecule has 0 aliphatic heterocycles. The third-order valence-electron chi connectivity index (χ3n) is 12.8. The molecule has 0 bridgehead atoms. The van der Waals surface area contributed by atoms with E-state index in [-0.39, 0.29) is 37.5 Å². The van der Waals surface area contributed by atoms with Gasteiger partial charge in [-0.25, -0.2) is 0 Å². The van der Waals surface area contributed by atoms with Crippen molar-refractivity contribution in [1.29, 1.82) is 0 Å². The van der Waals surface area contributed by atoms with Gasteiger partial charge in [-0.15, -0.1) is 0 Å². The highest BCUT2D eigenvalue weighted by Gasteiger charge is 2.19. The van der Waals surface area contributed by atoms with E-state index in [4.69, 9.17) is 14.2 Å². The lowest BCUT2D eigenvalue weighted by atomic mass is 10.0. The van der Waals surface area contributed by atoms with Crippen molar-refractivity contribution in [2.24, 2.45) is 0 Å². The van der Waals surface area contributed by atoms with Crippen LogP contribution in [-0.2, 0) is 28.6 Å². The molecule has 0 radical (unpaired) electrons. The normalized spacial score (nSPS) is 12.3. The minimum atomic E-state index is -0.792. The molecule has 0 saturated heterocycles. The number of carbonyl (C=O) groups is 3. The Morgan fingerprint density at radius 3 is 0.910 bits per heavy atom. The van der Waals surface area contributed by atoms with Crippen LogP contribution in [0, 0.1) is 0 Å². The Morgan fingerprint density at radius 2 is 0.537 bits per heavy atom. The Kier molecular flexibility index (Phi) is 53.8. The molecule has 6 nitrogen and oxygen atoms in total. The maximum atomic E-state index is 12.8. The van der Waals surface area contributed by atoms with E-state index < -0.39 is 6.10 Å². The highest BCUT2D eigenvalue weighted by atomic mass is 16.6. The number of ether oxygens (including phenoxy) is 3. The van der Waals surface area contributed by atoms with Gasteiger partial charge in [0.25, 0.3) is 0 Å². The number of unbranched alkanes of at least 4 members (excludes halogenated alkanes) is 34. The van der Waals surface area contributed by atoms with E-state index in [0.29, 0.717) is 19.3 Å².